The van der Waals surface area contributed by atoms with Gasteiger partial charge in [-0.25, -0.2) is 13.4 Å². The lowest BCUT2D eigenvalue weighted by Crippen LogP contribution is -2.61. The van der Waals surface area contributed by atoms with Gasteiger partial charge in [0.2, 0.25) is 0 Å². The summed E-state index contributed by atoms with van der Waals surface area (Å²) in [5, 5.41) is 2.29. The average molecular weight is 295 g/mol. The monoisotopic (exact) mass is 295 g/mol. The van der Waals surface area contributed by atoms with Crippen LogP contribution >= 0.6 is 0 Å². The van der Waals surface area contributed by atoms with Crippen molar-refractivity contribution in [3.05, 3.63) is 18.6 Å². The standard InChI is InChI=1S/C8H11F2N5O3S/c1-8(6(11)16,15-19(17,18)7(9)10)14-5-4-12-2-3-13-5/h2-4,7,15H,1H3,(H2,11,16)(H,13,14). The van der Waals surface area contributed by atoms with E-state index in [1.165, 1.54) is 17.1 Å². The van der Waals surface area contributed by atoms with Crippen LogP contribution in [0.25, 0.3) is 0 Å². The van der Waals surface area contributed by atoms with Gasteiger partial charge in [0.25, 0.3) is 15.9 Å². The number of sulfonamides is 1. The second-order valence-corrected chi connectivity index (χ2v) is 5.26. The number of nitrogens with zero attached hydrogens (tertiary/aromatic N) is 2. The molecule has 1 unspecified atom stereocenters. The van der Waals surface area contributed by atoms with Gasteiger partial charge in [-0.2, -0.15) is 13.5 Å². The number of carbonyl (C=O) groups excluding carboxylic acids is 1. The summed E-state index contributed by atoms with van der Waals surface area (Å²) in [6.07, 6.45) is 3.75. The molecule has 1 aromatic heterocycles. The summed E-state index contributed by atoms with van der Waals surface area (Å²) >= 11 is 0. The van der Waals surface area contributed by atoms with Crippen molar-refractivity contribution in [2.24, 2.45) is 5.73 Å². The summed E-state index contributed by atoms with van der Waals surface area (Å²) in [7, 11) is -5.02. The second kappa shape index (κ2) is 5.40. The van der Waals surface area contributed by atoms with E-state index < -0.39 is 27.4 Å². The Morgan fingerprint density at radius 3 is 2.53 bits per heavy atom. The number of nitrogens with two attached hydrogens (primary N) is 1. The molecule has 0 aliphatic carbocycles. The Bertz CT molecular complexity index is 553. The number of anilines is 1. The number of alkyl halides is 2. The van der Waals surface area contributed by atoms with Crippen molar-refractivity contribution in [3.63, 3.8) is 0 Å². The van der Waals surface area contributed by atoms with Crippen molar-refractivity contribution in [3.8, 4) is 0 Å². The third-order valence-electron chi connectivity index (χ3n) is 2.01. The van der Waals surface area contributed by atoms with Gasteiger partial charge in [-0.1, -0.05) is 0 Å². The minimum absolute atomic E-state index is 0.0132. The molecule has 0 radical (unpaired) electrons. The molecule has 0 saturated heterocycles. The predicted octanol–water partition coefficient (Wildman–Crippen LogP) is -0.768. The molecule has 4 N–H and O–H groups in total. The van der Waals surface area contributed by atoms with Gasteiger partial charge in [0, 0.05) is 12.4 Å². The number of hydrogen-bond acceptors (Lipinski definition) is 6. The Labute approximate surface area is 107 Å². The van der Waals surface area contributed by atoms with E-state index in [1.807, 2.05) is 0 Å². The van der Waals surface area contributed by atoms with Gasteiger partial charge in [0.1, 0.15) is 5.82 Å². The molecular formula is C8H11F2N5O3S. The first-order valence-electron chi connectivity index (χ1n) is 4.82. The molecule has 0 bridgehead atoms. The Kier molecular flexibility index (Phi) is 4.32. The second-order valence-electron chi connectivity index (χ2n) is 3.61. The molecule has 19 heavy (non-hydrogen) atoms. The first kappa shape index (κ1) is 15.2. The molecule has 0 fully saturated rings. The zero-order valence-corrected chi connectivity index (χ0v) is 10.5. The Morgan fingerprint density at radius 2 is 2.11 bits per heavy atom. The third kappa shape index (κ3) is 3.79. The molecule has 0 aliphatic rings. The van der Waals surface area contributed by atoms with Crippen LogP contribution in [0, 0.1) is 0 Å². The van der Waals surface area contributed by atoms with Crippen molar-refractivity contribution in [1.29, 1.82) is 0 Å². The number of carbonyl (C=O) groups is 1. The normalized spacial score (nSPS) is 14.9. The summed E-state index contributed by atoms with van der Waals surface area (Å²) in [6, 6.07) is 0. The van der Waals surface area contributed by atoms with Gasteiger partial charge in [0.15, 0.2) is 5.66 Å². The molecule has 0 aromatic carbocycles. The minimum Gasteiger partial charge on any atom is -0.366 e. The summed E-state index contributed by atoms with van der Waals surface area (Å²) in [5.41, 5.74) is 2.84. The van der Waals surface area contributed by atoms with Gasteiger partial charge >= 0.3 is 5.76 Å². The molecule has 1 atom stereocenters. The fraction of sp³-hybridized carbons (Fsp3) is 0.375. The molecule has 1 amide bonds. The lowest BCUT2D eigenvalue weighted by Gasteiger charge is -2.28. The maximum atomic E-state index is 12.3. The zero-order chi connectivity index (χ0) is 14.7. The highest BCUT2D eigenvalue weighted by atomic mass is 32.2. The summed E-state index contributed by atoms with van der Waals surface area (Å²) < 4.78 is 48.3. The van der Waals surface area contributed by atoms with Crippen LogP contribution < -0.4 is 15.8 Å². The quantitative estimate of drug-likeness (QED) is 0.591. The maximum Gasteiger partial charge on any atom is 0.350 e. The molecule has 8 nitrogen and oxygen atoms in total. The van der Waals surface area contributed by atoms with Crippen LogP contribution in [0.1, 0.15) is 6.92 Å². The van der Waals surface area contributed by atoms with Gasteiger partial charge < -0.3 is 11.1 Å². The van der Waals surface area contributed by atoms with Crippen LogP contribution in [0.4, 0.5) is 14.6 Å². The number of hydrogen-bond donors (Lipinski definition) is 3. The topological polar surface area (TPSA) is 127 Å². The van der Waals surface area contributed by atoms with E-state index in [2.05, 4.69) is 15.3 Å². The molecule has 1 aromatic rings. The number of rotatable bonds is 6. The number of nitrogens with one attached hydrogen (secondary N) is 2. The Hall–Kier alpha value is -1.88. The molecule has 11 heteroatoms. The van der Waals surface area contributed by atoms with Crippen molar-refractivity contribution in [1.82, 2.24) is 14.7 Å². The first-order chi connectivity index (χ1) is 8.67. The summed E-state index contributed by atoms with van der Waals surface area (Å²) in [5.74, 6) is -4.92. The smallest absolute Gasteiger partial charge is 0.350 e. The molecule has 106 valence electrons. The van der Waals surface area contributed by atoms with Gasteiger partial charge in [-0.05, 0) is 6.92 Å². The molecule has 1 rings (SSSR count). The molecule has 0 spiro atoms. The predicted molar refractivity (Wildman–Crippen MR) is 61.3 cm³/mol. The van der Waals surface area contributed by atoms with E-state index in [1.54, 1.807) is 0 Å². The zero-order valence-electron chi connectivity index (χ0n) is 9.67. The van der Waals surface area contributed by atoms with E-state index >= 15 is 0 Å². The molecule has 1 heterocycles. The number of primary amides is 1. The van der Waals surface area contributed by atoms with Crippen LogP contribution in [0.15, 0.2) is 18.6 Å². The van der Waals surface area contributed by atoms with Crippen molar-refractivity contribution in [2.75, 3.05) is 5.32 Å². The minimum atomic E-state index is -5.02. The van der Waals surface area contributed by atoms with Crippen molar-refractivity contribution < 1.29 is 22.0 Å². The van der Waals surface area contributed by atoms with Crippen LogP contribution in [-0.4, -0.2) is 35.7 Å². The van der Waals surface area contributed by atoms with Gasteiger partial charge in [-0.15, -0.1) is 0 Å². The highest BCUT2D eigenvalue weighted by Gasteiger charge is 2.39. The lowest BCUT2D eigenvalue weighted by molar-refractivity contribution is -0.122. The van der Waals surface area contributed by atoms with Gasteiger partial charge in [-0.3, -0.25) is 9.78 Å². The van der Waals surface area contributed by atoms with Crippen LogP contribution in [-0.2, 0) is 14.8 Å². The summed E-state index contributed by atoms with van der Waals surface area (Å²) in [4.78, 5) is 18.6. The molecule has 0 saturated carbocycles. The van der Waals surface area contributed by atoms with Crippen LogP contribution in [0.3, 0.4) is 0 Å². The first-order valence-corrected chi connectivity index (χ1v) is 6.37. The SMILES string of the molecule is CC(Nc1cnccn1)(NS(=O)(=O)C(F)F)C(N)=O. The van der Waals surface area contributed by atoms with E-state index in [0.29, 0.717) is 0 Å². The number of amides is 1. The fourth-order valence-electron chi connectivity index (χ4n) is 1.09. The van der Waals surface area contributed by atoms with Crippen molar-refractivity contribution in [2.45, 2.75) is 18.3 Å². The third-order valence-corrected chi connectivity index (χ3v) is 3.18. The number of aromatic nitrogens is 2. The Morgan fingerprint density at radius 1 is 1.47 bits per heavy atom. The van der Waals surface area contributed by atoms with Gasteiger partial charge in [0.05, 0.1) is 6.20 Å². The Balaban J connectivity index is 3.02. The highest BCUT2D eigenvalue weighted by molar-refractivity contribution is 7.89. The van der Waals surface area contributed by atoms with E-state index in [9.17, 15) is 22.0 Å². The lowest BCUT2D eigenvalue weighted by atomic mass is 10.2. The maximum absolute atomic E-state index is 12.3. The van der Waals surface area contributed by atoms with Crippen LogP contribution in [0.2, 0.25) is 0 Å². The average Bonchev–Trinajstić information content (AvgIpc) is 2.28. The van der Waals surface area contributed by atoms with Crippen molar-refractivity contribution >= 4 is 21.7 Å². The highest BCUT2D eigenvalue weighted by Crippen LogP contribution is 2.13. The van der Waals surface area contributed by atoms with E-state index in [4.69, 9.17) is 5.73 Å². The van der Waals surface area contributed by atoms with E-state index in [-0.39, 0.29) is 5.82 Å². The molecular weight excluding hydrogens is 284 g/mol. The summed E-state index contributed by atoms with van der Waals surface area (Å²) in [6.45, 7) is 0.990. The number of halogens is 2. The van der Waals surface area contributed by atoms with Crippen LogP contribution in [0.5, 0.6) is 0 Å². The largest absolute Gasteiger partial charge is 0.366 e. The molecule has 0 aliphatic heterocycles. The van der Waals surface area contributed by atoms with E-state index in [0.717, 1.165) is 13.1 Å². The fourth-order valence-corrected chi connectivity index (χ4v) is 1.90.